The summed E-state index contributed by atoms with van der Waals surface area (Å²) in [7, 11) is 1.66. The molecule has 1 atom stereocenters. The molecule has 0 bridgehead atoms. The second-order valence-corrected chi connectivity index (χ2v) is 9.44. The minimum absolute atomic E-state index is 0.270. The van der Waals surface area contributed by atoms with Gasteiger partial charge in [-0.25, -0.2) is 4.79 Å². The molecule has 2 heterocycles. The summed E-state index contributed by atoms with van der Waals surface area (Å²) in [5.41, 5.74) is 4.33. The SMILES string of the molecule is COCCCn1c(C)cc(C(=O)CN2C(=O)N[C@](c3ccccc3)(c3ccc(C)c(C)c3)C2=O)c1C. The Kier molecular flexibility index (Phi) is 7.13. The van der Waals surface area contributed by atoms with Crippen molar-refractivity contribution in [2.75, 3.05) is 20.3 Å². The Morgan fingerprint density at radius 2 is 1.67 bits per heavy atom. The van der Waals surface area contributed by atoms with E-state index in [4.69, 9.17) is 4.74 Å². The van der Waals surface area contributed by atoms with Gasteiger partial charge in [-0.2, -0.15) is 0 Å². The number of aromatic nitrogens is 1. The summed E-state index contributed by atoms with van der Waals surface area (Å²) < 4.78 is 7.22. The van der Waals surface area contributed by atoms with E-state index in [1.807, 2.05) is 82.3 Å². The molecule has 0 aliphatic carbocycles. The van der Waals surface area contributed by atoms with Gasteiger partial charge in [-0.05, 0) is 62.4 Å². The van der Waals surface area contributed by atoms with Crippen LogP contribution in [0.25, 0.3) is 0 Å². The predicted molar refractivity (Wildman–Crippen MR) is 138 cm³/mol. The molecule has 1 aromatic heterocycles. The maximum atomic E-state index is 14.0. The number of carbonyl (C=O) groups excluding carboxylic acids is 3. The molecule has 3 amide bonds. The quantitative estimate of drug-likeness (QED) is 0.275. The zero-order chi connectivity index (χ0) is 26.0. The third-order valence-electron chi connectivity index (χ3n) is 7.16. The molecule has 188 valence electrons. The number of ether oxygens (including phenoxy) is 1. The van der Waals surface area contributed by atoms with Crippen LogP contribution in [0.4, 0.5) is 4.79 Å². The summed E-state index contributed by atoms with van der Waals surface area (Å²) in [6.45, 7) is 8.84. The number of benzene rings is 2. The number of nitrogens with one attached hydrogen (secondary N) is 1. The number of hydrogen-bond donors (Lipinski definition) is 1. The van der Waals surface area contributed by atoms with Gasteiger partial charge in [-0.15, -0.1) is 0 Å². The largest absolute Gasteiger partial charge is 0.385 e. The Morgan fingerprint density at radius 1 is 0.944 bits per heavy atom. The molecule has 0 radical (unpaired) electrons. The van der Waals surface area contributed by atoms with Crippen molar-refractivity contribution in [2.45, 2.75) is 46.2 Å². The third kappa shape index (κ3) is 4.35. The van der Waals surface area contributed by atoms with Crippen LogP contribution in [0.3, 0.4) is 0 Å². The van der Waals surface area contributed by atoms with Gasteiger partial charge in [0.25, 0.3) is 5.91 Å². The topological polar surface area (TPSA) is 80.6 Å². The average Bonchev–Trinajstić information content (AvgIpc) is 3.29. The smallest absolute Gasteiger partial charge is 0.325 e. The van der Waals surface area contributed by atoms with Gasteiger partial charge in [-0.3, -0.25) is 14.5 Å². The predicted octanol–water partition coefficient (Wildman–Crippen LogP) is 4.44. The molecular weight excluding hydrogens is 454 g/mol. The van der Waals surface area contributed by atoms with E-state index in [2.05, 4.69) is 9.88 Å². The Hall–Kier alpha value is -3.71. The van der Waals surface area contributed by atoms with Gasteiger partial charge in [0.1, 0.15) is 0 Å². The number of hydrogen-bond acceptors (Lipinski definition) is 4. The first-order valence-corrected chi connectivity index (χ1v) is 12.2. The average molecular weight is 488 g/mol. The van der Waals surface area contributed by atoms with Crippen molar-refractivity contribution in [3.63, 3.8) is 0 Å². The highest BCUT2D eigenvalue weighted by Crippen LogP contribution is 2.37. The van der Waals surface area contributed by atoms with Crippen molar-refractivity contribution in [3.8, 4) is 0 Å². The first-order chi connectivity index (χ1) is 17.2. The normalized spacial score (nSPS) is 17.5. The van der Waals surface area contributed by atoms with Crippen LogP contribution >= 0.6 is 0 Å². The maximum Gasteiger partial charge on any atom is 0.325 e. The van der Waals surface area contributed by atoms with Crippen LogP contribution < -0.4 is 5.32 Å². The molecule has 1 aliphatic heterocycles. The maximum absolute atomic E-state index is 14.0. The van der Waals surface area contributed by atoms with E-state index in [9.17, 15) is 14.4 Å². The van der Waals surface area contributed by atoms with Crippen molar-refractivity contribution in [3.05, 3.63) is 93.8 Å². The van der Waals surface area contributed by atoms with Crippen molar-refractivity contribution < 1.29 is 19.1 Å². The molecule has 1 saturated heterocycles. The highest BCUT2D eigenvalue weighted by Gasteiger charge is 2.54. The molecule has 1 fully saturated rings. The minimum Gasteiger partial charge on any atom is -0.385 e. The van der Waals surface area contributed by atoms with E-state index >= 15 is 0 Å². The lowest BCUT2D eigenvalue weighted by atomic mass is 9.81. The first-order valence-electron chi connectivity index (χ1n) is 12.2. The third-order valence-corrected chi connectivity index (χ3v) is 7.16. The van der Waals surface area contributed by atoms with Crippen molar-refractivity contribution >= 4 is 17.7 Å². The van der Waals surface area contributed by atoms with Crippen LogP contribution in [0.15, 0.2) is 54.6 Å². The van der Waals surface area contributed by atoms with Gasteiger partial charge in [-0.1, -0.05) is 48.5 Å². The Balaban J connectivity index is 1.68. The van der Waals surface area contributed by atoms with Crippen molar-refractivity contribution in [2.24, 2.45) is 0 Å². The van der Waals surface area contributed by atoms with E-state index in [-0.39, 0.29) is 12.3 Å². The standard InChI is InChI=1S/C29H33N3O4/c1-19-12-13-24(16-20(19)2)29(23-10-7-6-8-11-23)27(34)32(28(35)30-29)18-26(33)25-17-21(3)31(22(25)4)14-9-15-36-5/h6-8,10-13,16-17H,9,14-15,18H2,1-5H3,(H,30,35)/t29-/m1/s1. The van der Waals surface area contributed by atoms with E-state index in [0.29, 0.717) is 23.3 Å². The van der Waals surface area contributed by atoms with Crippen LogP contribution in [0, 0.1) is 27.7 Å². The first kappa shape index (κ1) is 25.4. The summed E-state index contributed by atoms with van der Waals surface area (Å²) >= 11 is 0. The minimum atomic E-state index is -1.39. The molecule has 0 spiro atoms. The van der Waals surface area contributed by atoms with E-state index in [1.54, 1.807) is 7.11 Å². The highest BCUT2D eigenvalue weighted by atomic mass is 16.5. The molecule has 7 nitrogen and oxygen atoms in total. The Morgan fingerprint density at radius 3 is 2.33 bits per heavy atom. The van der Waals surface area contributed by atoms with Crippen molar-refractivity contribution in [1.29, 1.82) is 0 Å². The lowest BCUT2D eigenvalue weighted by molar-refractivity contribution is -0.129. The van der Waals surface area contributed by atoms with Gasteiger partial charge >= 0.3 is 6.03 Å². The summed E-state index contributed by atoms with van der Waals surface area (Å²) in [5.74, 6) is -0.724. The van der Waals surface area contributed by atoms with Crippen LogP contribution in [0.1, 0.15) is 50.4 Å². The number of aryl methyl sites for hydroxylation is 3. The second-order valence-electron chi connectivity index (χ2n) is 9.44. The molecular formula is C29H33N3O4. The number of nitrogens with zero attached hydrogens (tertiary/aromatic N) is 2. The van der Waals surface area contributed by atoms with Crippen LogP contribution in [0.5, 0.6) is 0 Å². The number of imide groups is 1. The number of urea groups is 1. The summed E-state index contributed by atoms with van der Waals surface area (Å²) in [6.07, 6.45) is 0.822. The van der Waals surface area contributed by atoms with E-state index in [0.717, 1.165) is 40.4 Å². The number of carbonyl (C=O) groups is 3. The zero-order valence-corrected chi connectivity index (χ0v) is 21.6. The number of amides is 3. The van der Waals surface area contributed by atoms with E-state index < -0.39 is 17.5 Å². The van der Waals surface area contributed by atoms with Crippen LogP contribution in [-0.2, 0) is 21.6 Å². The number of Topliss-reactive ketones (excluding diaryl/α,β-unsaturated/α-hetero) is 1. The Labute approximate surface area is 212 Å². The fourth-order valence-electron chi connectivity index (χ4n) is 4.96. The molecule has 2 aromatic carbocycles. The molecule has 4 rings (SSSR count). The van der Waals surface area contributed by atoms with Gasteiger partial charge in [0.15, 0.2) is 11.3 Å². The number of rotatable bonds is 9. The second kappa shape index (κ2) is 10.1. The number of methoxy groups -OCH3 is 1. The van der Waals surface area contributed by atoms with Crippen LogP contribution in [-0.4, -0.2) is 47.4 Å². The molecule has 1 N–H and O–H groups in total. The fourth-order valence-corrected chi connectivity index (χ4v) is 4.96. The summed E-state index contributed by atoms with van der Waals surface area (Å²) in [5, 5.41) is 2.94. The van der Waals surface area contributed by atoms with Crippen molar-refractivity contribution in [1.82, 2.24) is 14.8 Å². The summed E-state index contributed by atoms with van der Waals surface area (Å²) in [4.78, 5) is 41.6. The van der Waals surface area contributed by atoms with Gasteiger partial charge in [0.05, 0.1) is 6.54 Å². The monoisotopic (exact) mass is 487 g/mol. The fraction of sp³-hybridized carbons (Fsp3) is 0.345. The van der Waals surface area contributed by atoms with Gasteiger partial charge in [0.2, 0.25) is 0 Å². The molecule has 3 aromatic rings. The highest BCUT2D eigenvalue weighted by molar-refractivity contribution is 6.13. The lowest BCUT2D eigenvalue weighted by Crippen LogP contribution is -2.45. The van der Waals surface area contributed by atoms with Gasteiger partial charge < -0.3 is 14.6 Å². The molecule has 0 unspecified atom stereocenters. The Bertz CT molecular complexity index is 1310. The van der Waals surface area contributed by atoms with E-state index in [1.165, 1.54) is 0 Å². The molecule has 1 aliphatic rings. The van der Waals surface area contributed by atoms with Crippen LogP contribution in [0.2, 0.25) is 0 Å². The molecule has 7 heteroatoms. The summed E-state index contributed by atoms with van der Waals surface area (Å²) in [6, 6.07) is 16.2. The zero-order valence-electron chi connectivity index (χ0n) is 21.6. The lowest BCUT2D eigenvalue weighted by Gasteiger charge is -2.28. The number of ketones is 1. The molecule has 0 saturated carbocycles. The molecule has 36 heavy (non-hydrogen) atoms. The van der Waals surface area contributed by atoms with Gasteiger partial charge in [0, 0.05) is 37.2 Å².